The summed E-state index contributed by atoms with van der Waals surface area (Å²) in [5.74, 6) is 5.51. The molecule has 0 amide bonds. The van der Waals surface area contributed by atoms with Crippen LogP contribution in [0.5, 0.6) is 0 Å². The summed E-state index contributed by atoms with van der Waals surface area (Å²) in [5.41, 5.74) is 22.8. The van der Waals surface area contributed by atoms with Crippen molar-refractivity contribution in [2.75, 3.05) is 4.81 Å². The molecule has 0 N–H and O–H groups in total. The summed E-state index contributed by atoms with van der Waals surface area (Å²) in [6.45, 7) is 5.10. The second kappa shape index (κ2) is 11.2. The average molecular weight is 833 g/mol. The highest BCUT2D eigenvalue weighted by Crippen LogP contribution is 2.64. The van der Waals surface area contributed by atoms with Crippen molar-refractivity contribution >= 4 is 62.7 Å². The molecule has 0 atom stereocenters. The van der Waals surface area contributed by atoms with E-state index in [2.05, 4.69) is 126 Å². The van der Waals surface area contributed by atoms with Crippen LogP contribution in [-0.4, -0.2) is 11.4 Å². The summed E-state index contributed by atoms with van der Waals surface area (Å²) in [4.78, 5) is 5.62. The predicted octanol–water partition coefficient (Wildman–Crippen LogP) is 13.7. The zero-order valence-electron chi connectivity index (χ0n) is 36.6. The molecular formula is C59H53BN2S. The van der Waals surface area contributed by atoms with Gasteiger partial charge in [0.1, 0.15) is 0 Å². The number of nitrogens with zero attached hydrogens (tertiary/aromatic N) is 2. The first kappa shape index (κ1) is 34.7. The maximum Gasteiger partial charge on any atom is 0.333 e. The molecule has 0 radical (unpaired) electrons. The minimum absolute atomic E-state index is 0.0753. The van der Waals surface area contributed by atoms with Gasteiger partial charge in [0.2, 0.25) is 0 Å². The Morgan fingerprint density at radius 3 is 1.90 bits per heavy atom. The number of hydrogen-bond acceptors (Lipinski definition) is 2. The van der Waals surface area contributed by atoms with Gasteiger partial charge in [-0.1, -0.05) is 86.3 Å². The summed E-state index contributed by atoms with van der Waals surface area (Å²) in [5, 5.41) is 3.06. The van der Waals surface area contributed by atoms with E-state index in [1.54, 1.807) is 16.6 Å². The Bertz CT molecular complexity index is 3220. The van der Waals surface area contributed by atoms with E-state index in [0.717, 1.165) is 35.5 Å². The monoisotopic (exact) mass is 832 g/mol. The molecule has 8 bridgehead atoms. The first-order valence-electron chi connectivity index (χ1n) is 25.0. The average Bonchev–Trinajstić information content (AvgIpc) is 3.73. The van der Waals surface area contributed by atoms with Gasteiger partial charge in [0, 0.05) is 42.9 Å². The standard InChI is InChI=1S/C59H53BN2S/c1-57(2)45-10-4-3-8-40(45)43-25-49-54-52(53(43)57)41-9-7-13-51-56(41)62(48-11-5-6-12-50(48)63-51)60(54)46-24-39(59-29-35-19-36(30-59)21-37(20-35)31-59)23-44-42-22-38(14-15-47(42)61(49)55(44)46)58-26-32-16-33(27-58)18-34(17-32)28-58/h3-15,22-25,32-37H,16-21,26-31H2,1-2H3. The lowest BCUT2D eigenvalue weighted by atomic mass is 9.42. The van der Waals surface area contributed by atoms with Gasteiger partial charge in [-0.2, -0.15) is 0 Å². The van der Waals surface area contributed by atoms with Gasteiger partial charge in [-0.25, -0.2) is 0 Å². The largest absolute Gasteiger partial charge is 0.374 e. The van der Waals surface area contributed by atoms with Crippen molar-refractivity contribution in [3.63, 3.8) is 0 Å². The van der Waals surface area contributed by atoms with E-state index in [9.17, 15) is 0 Å². The van der Waals surface area contributed by atoms with E-state index >= 15 is 0 Å². The van der Waals surface area contributed by atoms with Crippen molar-refractivity contribution in [3.8, 4) is 27.9 Å². The number of aromatic nitrogens is 1. The van der Waals surface area contributed by atoms with Crippen LogP contribution in [0.15, 0.2) is 113 Å². The van der Waals surface area contributed by atoms with Crippen LogP contribution < -0.4 is 15.7 Å². The summed E-state index contributed by atoms with van der Waals surface area (Å²) >= 11 is 1.98. The van der Waals surface area contributed by atoms with E-state index in [1.807, 2.05) is 11.8 Å². The zero-order valence-corrected chi connectivity index (χ0v) is 37.5. The third-order valence-electron chi connectivity index (χ3n) is 20.0. The minimum Gasteiger partial charge on any atom is -0.374 e. The van der Waals surface area contributed by atoms with Crippen molar-refractivity contribution < 1.29 is 0 Å². The molecule has 2 nitrogen and oxygen atoms in total. The summed E-state index contributed by atoms with van der Waals surface area (Å²) in [7, 11) is 0. The smallest absolute Gasteiger partial charge is 0.333 e. The third kappa shape index (κ3) is 4.12. The van der Waals surface area contributed by atoms with Crippen LogP contribution in [-0.2, 0) is 16.2 Å². The Balaban J connectivity index is 1.03. The molecule has 4 heteroatoms. The third-order valence-corrected chi connectivity index (χ3v) is 21.1. The van der Waals surface area contributed by atoms with Crippen molar-refractivity contribution in [2.45, 2.75) is 117 Å². The molecule has 4 heterocycles. The van der Waals surface area contributed by atoms with Gasteiger partial charge in [-0.05, 0) is 216 Å². The molecule has 308 valence electrons. The molecule has 19 rings (SSSR count). The van der Waals surface area contributed by atoms with Gasteiger partial charge in [-0.15, -0.1) is 0 Å². The molecule has 9 aliphatic carbocycles. The number of hydrogen-bond donors (Lipinski definition) is 0. The van der Waals surface area contributed by atoms with Gasteiger partial charge in [0.25, 0.3) is 0 Å². The minimum atomic E-state index is -0.131. The van der Waals surface area contributed by atoms with Crippen molar-refractivity contribution in [2.24, 2.45) is 35.5 Å². The van der Waals surface area contributed by atoms with Crippen LogP contribution in [0.4, 0.5) is 11.4 Å². The molecule has 63 heavy (non-hydrogen) atoms. The highest BCUT2D eigenvalue weighted by molar-refractivity contribution is 7.99. The van der Waals surface area contributed by atoms with Crippen LogP contribution in [0, 0.1) is 35.5 Å². The SMILES string of the molecule is CC1(C)c2ccccc2-c2cc3c4c(c21)-c1cccc2c1N(B4c1cc(C45CC6CC(CC(C6)C4)C5)cc4c5cc(C67CC8CC(CC(C8)C6)C7)ccc5n-3c14)c1ccccc1S2. The fourth-order valence-electron chi connectivity index (χ4n) is 18.6. The maximum atomic E-state index is 2.85. The van der Waals surface area contributed by atoms with Gasteiger partial charge >= 0.3 is 6.85 Å². The topological polar surface area (TPSA) is 8.17 Å². The molecule has 6 aromatic carbocycles. The van der Waals surface area contributed by atoms with Gasteiger partial charge in [0.05, 0.1) is 16.7 Å². The second-order valence-corrected chi connectivity index (χ2v) is 24.8. The van der Waals surface area contributed by atoms with Gasteiger partial charge < -0.3 is 9.38 Å². The van der Waals surface area contributed by atoms with Crippen LogP contribution >= 0.6 is 11.8 Å². The molecule has 0 spiro atoms. The molecule has 12 aliphatic rings. The quantitative estimate of drug-likeness (QED) is 0.160. The molecule has 3 aliphatic heterocycles. The first-order chi connectivity index (χ1) is 30.8. The van der Waals surface area contributed by atoms with Crippen LogP contribution in [0.3, 0.4) is 0 Å². The van der Waals surface area contributed by atoms with Gasteiger partial charge in [0.15, 0.2) is 0 Å². The van der Waals surface area contributed by atoms with Crippen LogP contribution in [0.25, 0.3) is 49.7 Å². The van der Waals surface area contributed by atoms with E-state index < -0.39 is 0 Å². The van der Waals surface area contributed by atoms with Gasteiger partial charge in [-0.3, -0.25) is 0 Å². The fraction of sp³-hybridized carbons (Fsp3) is 0.390. The van der Waals surface area contributed by atoms with Crippen molar-refractivity contribution in [3.05, 3.63) is 125 Å². The lowest BCUT2D eigenvalue weighted by Crippen LogP contribution is -2.62. The number of para-hydroxylation sites is 2. The molecule has 1 aromatic heterocycles. The molecule has 0 unspecified atom stereocenters. The number of rotatable bonds is 2. The van der Waals surface area contributed by atoms with E-state index in [1.165, 1.54) is 165 Å². The predicted molar refractivity (Wildman–Crippen MR) is 261 cm³/mol. The summed E-state index contributed by atoms with van der Waals surface area (Å²) in [6, 6.07) is 42.4. The lowest BCUT2D eigenvalue weighted by Gasteiger charge is -2.57. The van der Waals surface area contributed by atoms with E-state index in [4.69, 9.17) is 0 Å². The second-order valence-electron chi connectivity index (χ2n) is 23.7. The Labute approximate surface area is 376 Å². The van der Waals surface area contributed by atoms with Crippen LogP contribution in [0.1, 0.15) is 113 Å². The highest BCUT2D eigenvalue weighted by atomic mass is 32.2. The Morgan fingerprint density at radius 2 is 1.17 bits per heavy atom. The normalized spacial score (nSPS) is 32.0. The molecule has 8 fully saturated rings. The van der Waals surface area contributed by atoms with E-state index in [-0.39, 0.29) is 12.3 Å². The van der Waals surface area contributed by atoms with E-state index in [0.29, 0.717) is 10.8 Å². The number of fused-ring (bicyclic) bond motifs is 13. The van der Waals surface area contributed by atoms with Crippen molar-refractivity contribution in [1.82, 2.24) is 4.57 Å². The Kier molecular flexibility index (Phi) is 6.18. The van der Waals surface area contributed by atoms with Crippen LogP contribution in [0.2, 0.25) is 0 Å². The molecular weight excluding hydrogens is 780 g/mol. The summed E-state index contributed by atoms with van der Waals surface area (Å²) in [6.07, 6.45) is 17.3. The number of anilines is 2. The molecule has 7 aromatic rings. The number of benzene rings is 6. The molecule has 0 saturated heterocycles. The fourth-order valence-corrected chi connectivity index (χ4v) is 19.7. The first-order valence-corrected chi connectivity index (χ1v) is 25.8. The highest BCUT2D eigenvalue weighted by Gasteiger charge is 2.55. The Hall–Kier alpha value is -4.67. The lowest BCUT2D eigenvalue weighted by molar-refractivity contribution is -0.00526. The maximum absolute atomic E-state index is 2.85. The zero-order chi connectivity index (χ0) is 40.9. The molecule has 8 saturated carbocycles. The Morgan fingerprint density at radius 1 is 0.556 bits per heavy atom. The summed E-state index contributed by atoms with van der Waals surface area (Å²) < 4.78 is 2.82. The van der Waals surface area contributed by atoms with Crippen molar-refractivity contribution in [1.29, 1.82) is 0 Å².